The molecule has 29 heavy (non-hydrogen) atoms. The van der Waals surface area contributed by atoms with E-state index >= 15 is 0 Å². The van der Waals surface area contributed by atoms with Crippen LogP contribution >= 0.6 is 0 Å². The number of pyridine rings is 1. The van der Waals surface area contributed by atoms with E-state index in [-0.39, 0.29) is 18.7 Å². The van der Waals surface area contributed by atoms with Crippen LogP contribution in [0.25, 0.3) is 5.65 Å². The summed E-state index contributed by atoms with van der Waals surface area (Å²) < 4.78 is 31.2. The van der Waals surface area contributed by atoms with Gasteiger partial charge in [0, 0.05) is 18.8 Å². The lowest BCUT2D eigenvalue weighted by Crippen LogP contribution is -2.24. The van der Waals surface area contributed by atoms with Gasteiger partial charge in [0.15, 0.2) is 0 Å². The molecule has 0 aliphatic carbocycles. The lowest BCUT2D eigenvalue weighted by molar-refractivity contribution is 0.0467. The van der Waals surface area contributed by atoms with Crippen LogP contribution in [0.3, 0.4) is 0 Å². The van der Waals surface area contributed by atoms with E-state index in [9.17, 15) is 18.0 Å². The van der Waals surface area contributed by atoms with Crippen molar-refractivity contribution in [3.8, 4) is 0 Å². The van der Waals surface area contributed by atoms with Crippen LogP contribution in [-0.2, 0) is 27.8 Å². The van der Waals surface area contributed by atoms with E-state index in [0.717, 1.165) is 17.4 Å². The Morgan fingerprint density at radius 2 is 1.90 bits per heavy atom. The molecule has 3 aromatic rings. The molecule has 9 heteroatoms. The first kappa shape index (κ1) is 20.7. The second-order valence-corrected chi connectivity index (χ2v) is 8.54. The maximum Gasteiger partial charge on any atom is 0.338 e. The predicted molar refractivity (Wildman–Crippen MR) is 108 cm³/mol. The molecule has 0 amide bonds. The smallest absolute Gasteiger partial charge is 0.338 e. The topological polar surface area (TPSA) is 107 Å². The van der Waals surface area contributed by atoms with E-state index in [1.807, 2.05) is 13.0 Å². The number of aryl methyl sites for hydroxylation is 1. The summed E-state index contributed by atoms with van der Waals surface area (Å²) in [6.07, 6.45) is 3.31. The molecule has 0 aliphatic heterocycles. The van der Waals surface area contributed by atoms with Gasteiger partial charge in [-0.1, -0.05) is 18.2 Å². The summed E-state index contributed by atoms with van der Waals surface area (Å²) in [6, 6.07) is 11.6. The highest BCUT2D eigenvalue weighted by atomic mass is 32.2. The van der Waals surface area contributed by atoms with Gasteiger partial charge in [0.1, 0.15) is 12.3 Å². The Morgan fingerprint density at radius 1 is 1.17 bits per heavy atom. The fourth-order valence-electron chi connectivity index (χ4n) is 2.74. The Kier molecular flexibility index (Phi) is 6.09. The molecule has 2 heterocycles. The van der Waals surface area contributed by atoms with Crippen LogP contribution in [-0.4, -0.2) is 36.6 Å². The zero-order valence-corrected chi connectivity index (χ0v) is 16.9. The van der Waals surface area contributed by atoms with Crippen LogP contribution in [0.4, 0.5) is 0 Å². The molecule has 0 spiro atoms. The highest BCUT2D eigenvalue weighted by Crippen LogP contribution is 2.09. The van der Waals surface area contributed by atoms with Crippen molar-refractivity contribution in [1.29, 1.82) is 0 Å². The van der Waals surface area contributed by atoms with Crippen molar-refractivity contribution in [2.24, 2.45) is 0 Å². The Hall–Kier alpha value is -3.04. The molecule has 3 rings (SSSR count). The Morgan fingerprint density at radius 3 is 2.59 bits per heavy atom. The van der Waals surface area contributed by atoms with Crippen molar-refractivity contribution in [3.63, 3.8) is 0 Å². The van der Waals surface area contributed by atoms with Crippen molar-refractivity contribution in [2.45, 2.75) is 20.0 Å². The van der Waals surface area contributed by atoms with E-state index in [0.29, 0.717) is 23.3 Å². The molecule has 0 radical (unpaired) electrons. The Labute approximate surface area is 168 Å². The lowest BCUT2D eigenvalue weighted by Gasteiger charge is -2.07. The summed E-state index contributed by atoms with van der Waals surface area (Å²) >= 11 is 0. The number of ether oxygens (including phenoxy) is 1. The maximum absolute atomic E-state index is 12.2. The van der Waals surface area contributed by atoms with Crippen LogP contribution < -0.4 is 10.3 Å². The number of carbonyl (C=O) groups excluding carboxylic acids is 1. The summed E-state index contributed by atoms with van der Waals surface area (Å²) in [5.41, 5.74) is 2.81. The minimum atomic E-state index is -3.22. The van der Waals surface area contributed by atoms with Crippen LogP contribution in [0.15, 0.2) is 53.5 Å². The number of nitrogens with zero attached hydrogens (tertiary/aromatic N) is 2. The third kappa shape index (κ3) is 5.72. The second kappa shape index (κ2) is 8.54. The molecule has 2 aromatic heterocycles. The number of nitrogens with one attached hydrogen (secondary N) is 1. The third-order valence-electron chi connectivity index (χ3n) is 4.18. The van der Waals surface area contributed by atoms with Crippen LogP contribution in [0.5, 0.6) is 0 Å². The van der Waals surface area contributed by atoms with Crippen LogP contribution in [0.2, 0.25) is 0 Å². The summed E-state index contributed by atoms with van der Waals surface area (Å²) in [6.45, 7) is 2.05. The van der Waals surface area contributed by atoms with Gasteiger partial charge in [-0.2, -0.15) is 0 Å². The van der Waals surface area contributed by atoms with Gasteiger partial charge < -0.3 is 4.74 Å². The van der Waals surface area contributed by atoms with Crippen molar-refractivity contribution >= 4 is 21.6 Å². The third-order valence-corrected chi connectivity index (χ3v) is 4.91. The first-order valence-corrected chi connectivity index (χ1v) is 10.8. The minimum Gasteiger partial charge on any atom is -0.456 e. The second-order valence-electron chi connectivity index (χ2n) is 6.71. The number of hydrogen-bond donors (Lipinski definition) is 1. The zero-order valence-electron chi connectivity index (χ0n) is 16.1. The molecular formula is C20H21N3O5S. The average Bonchev–Trinajstić information content (AvgIpc) is 2.66. The van der Waals surface area contributed by atoms with Gasteiger partial charge in [0.2, 0.25) is 10.0 Å². The molecular weight excluding hydrogens is 394 g/mol. The number of carbonyl (C=O) groups is 1. The molecule has 8 nitrogen and oxygen atoms in total. The largest absolute Gasteiger partial charge is 0.456 e. The molecule has 152 valence electrons. The van der Waals surface area contributed by atoms with Crippen LogP contribution in [0, 0.1) is 6.92 Å². The molecule has 0 atom stereocenters. The Bertz CT molecular complexity index is 1200. The fourth-order valence-corrected chi connectivity index (χ4v) is 3.22. The van der Waals surface area contributed by atoms with Gasteiger partial charge in [-0.3, -0.25) is 9.20 Å². The molecule has 0 saturated carbocycles. The first-order chi connectivity index (χ1) is 13.7. The zero-order chi connectivity index (χ0) is 21.0. The number of aromatic nitrogens is 2. The number of benzene rings is 1. The van der Waals surface area contributed by atoms with Crippen molar-refractivity contribution in [3.05, 3.63) is 81.4 Å². The fraction of sp³-hybridized carbons (Fsp3) is 0.250. The van der Waals surface area contributed by atoms with Crippen molar-refractivity contribution < 1.29 is 17.9 Å². The van der Waals surface area contributed by atoms with Gasteiger partial charge in [0.25, 0.3) is 5.56 Å². The van der Waals surface area contributed by atoms with Gasteiger partial charge in [-0.25, -0.2) is 22.9 Å². The average molecular weight is 415 g/mol. The van der Waals surface area contributed by atoms with Gasteiger partial charge in [-0.15, -0.1) is 0 Å². The predicted octanol–water partition coefficient (Wildman–Crippen LogP) is 1.45. The summed E-state index contributed by atoms with van der Waals surface area (Å²) in [5, 5.41) is 0. The Balaban J connectivity index is 1.61. The normalized spacial score (nSPS) is 11.5. The SMILES string of the molecule is Cc1ccc2nc(COC(=O)c3ccc(CCNS(C)(=O)=O)cc3)cc(=O)n2c1. The maximum atomic E-state index is 12.2. The number of fused-ring (bicyclic) bond motifs is 1. The molecule has 0 bridgehead atoms. The van der Waals surface area contributed by atoms with E-state index in [1.165, 1.54) is 10.5 Å². The quantitative estimate of drug-likeness (QED) is 0.586. The summed E-state index contributed by atoms with van der Waals surface area (Å²) in [7, 11) is -3.22. The number of esters is 1. The standard InChI is InChI=1S/C20H21N3O5S/c1-14-3-8-18-22-17(11-19(24)23(18)12-14)13-28-20(25)16-6-4-15(5-7-16)9-10-21-29(2,26)27/h3-8,11-12,21H,9-10,13H2,1-2H3. The molecule has 1 aromatic carbocycles. The van der Waals surface area contributed by atoms with Crippen LogP contribution in [0.1, 0.15) is 27.2 Å². The van der Waals surface area contributed by atoms with E-state index in [1.54, 1.807) is 36.5 Å². The molecule has 0 fully saturated rings. The molecule has 0 saturated heterocycles. The molecule has 0 aliphatic rings. The number of rotatable bonds is 7. The highest BCUT2D eigenvalue weighted by molar-refractivity contribution is 7.88. The highest BCUT2D eigenvalue weighted by Gasteiger charge is 2.10. The number of sulfonamides is 1. The van der Waals surface area contributed by atoms with E-state index in [4.69, 9.17) is 4.74 Å². The van der Waals surface area contributed by atoms with E-state index in [2.05, 4.69) is 9.71 Å². The van der Waals surface area contributed by atoms with Crippen molar-refractivity contribution in [2.75, 3.05) is 12.8 Å². The minimum absolute atomic E-state index is 0.113. The summed E-state index contributed by atoms with van der Waals surface area (Å²) in [5.74, 6) is -0.531. The number of hydrogen-bond acceptors (Lipinski definition) is 6. The molecule has 1 N–H and O–H groups in total. The molecule has 0 unspecified atom stereocenters. The van der Waals surface area contributed by atoms with Crippen molar-refractivity contribution in [1.82, 2.24) is 14.1 Å². The monoisotopic (exact) mass is 415 g/mol. The van der Waals surface area contributed by atoms with E-state index < -0.39 is 16.0 Å². The van der Waals surface area contributed by atoms with Gasteiger partial charge >= 0.3 is 5.97 Å². The lowest BCUT2D eigenvalue weighted by atomic mass is 10.1. The summed E-state index contributed by atoms with van der Waals surface area (Å²) in [4.78, 5) is 28.8. The first-order valence-electron chi connectivity index (χ1n) is 8.91. The van der Waals surface area contributed by atoms with Gasteiger partial charge in [-0.05, 0) is 42.7 Å². The van der Waals surface area contributed by atoms with Gasteiger partial charge in [0.05, 0.1) is 17.5 Å².